The Balaban J connectivity index is 1.02. The molecule has 7 aromatic carbocycles. The zero-order chi connectivity index (χ0) is 40.4. The van der Waals surface area contributed by atoms with Gasteiger partial charge in [0.1, 0.15) is 31.6 Å². The van der Waals surface area contributed by atoms with Crippen molar-refractivity contribution in [3.05, 3.63) is 233 Å². The lowest BCUT2D eigenvalue weighted by Gasteiger charge is -2.36. The molecule has 0 saturated carbocycles. The molecule has 7 heteroatoms. The molecule has 1 aliphatic rings. The number of amides is 1. The predicted octanol–water partition coefficient (Wildman–Crippen LogP) is 11.2. The van der Waals surface area contributed by atoms with Crippen molar-refractivity contribution < 1.29 is 23.8 Å². The van der Waals surface area contributed by atoms with Gasteiger partial charge in [0.05, 0.1) is 4.75 Å². The Bertz CT molecular complexity index is 2330. The van der Waals surface area contributed by atoms with E-state index in [9.17, 15) is 9.59 Å². The van der Waals surface area contributed by atoms with Crippen LogP contribution in [0.25, 0.3) is 11.1 Å². The summed E-state index contributed by atoms with van der Waals surface area (Å²) in [5.41, 5.74) is 10.7. The number of carbonyl (C=O) groups is 2. The minimum absolute atomic E-state index is 0.0197. The molecule has 0 saturated heterocycles. The van der Waals surface area contributed by atoms with Crippen molar-refractivity contribution in [2.24, 2.45) is 0 Å². The normalized spacial score (nSPS) is 12.5. The van der Waals surface area contributed by atoms with Crippen LogP contribution in [0.1, 0.15) is 50.4 Å². The minimum atomic E-state index is -1.04. The Kier molecular flexibility index (Phi) is 12.2. The Morgan fingerprint density at radius 1 is 0.576 bits per heavy atom. The fraction of sp³-hybridized carbons (Fsp3) is 0.154. The van der Waals surface area contributed by atoms with Crippen LogP contribution in [0.5, 0.6) is 5.75 Å². The highest BCUT2D eigenvalue weighted by Crippen LogP contribution is 2.49. The highest BCUT2D eigenvalue weighted by atomic mass is 32.2. The van der Waals surface area contributed by atoms with E-state index < -0.39 is 22.9 Å². The van der Waals surface area contributed by atoms with E-state index in [-0.39, 0.29) is 24.9 Å². The van der Waals surface area contributed by atoms with Crippen LogP contribution >= 0.6 is 11.8 Å². The highest BCUT2D eigenvalue weighted by molar-refractivity contribution is 8.00. The summed E-state index contributed by atoms with van der Waals surface area (Å²) < 4.78 is 17.2. The molecule has 7 aromatic rings. The van der Waals surface area contributed by atoms with E-state index in [1.807, 2.05) is 103 Å². The van der Waals surface area contributed by atoms with Gasteiger partial charge in [0.25, 0.3) is 0 Å². The SMILES string of the molecule is Cc1ccc(COc2ccc(COC(=O)[C@H](CSC(c3ccccc3)(c3ccccc3)c3ccccc3)NC(=O)OCC3c4ccccc4-c4ccccc43)cc2)cc1. The van der Waals surface area contributed by atoms with Gasteiger partial charge in [-0.15, -0.1) is 11.8 Å². The smallest absolute Gasteiger partial charge is 0.407 e. The lowest BCUT2D eigenvalue weighted by molar-refractivity contribution is -0.146. The maximum Gasteiger partial charge on any atom is 0.407 e. The van der Waals surface area contributed by atoms with Crippen LogP contribution in [-0.4, -0.2) is 30.5 Å². The summed E-state index contributed by atoms with van der Waals surface area (Å²) in [6, 6.07) is 61.9. The molecule has 0 bridgehead atoms. The van der Waals surface area contributed by atoms with Crippen LogP contribution in [0.3, 0.4) is 0 Å². The summed E-state index contributed by atoms with van der Waals surface area (Å²) in [4.78, 5) is 28.0. The Labute approximate surface area is 350 Å². The number of alkyl carbamates (subject to hydrolysis) is 1. The van der Waals surface area contributed by atoms with E-state index in [1.54, 1.807) is 11.8 Å². The van der Waals surface area contributed by atoms with Crippen LogP contribution < -0.4 is 10.1 Å². The number of aryl methyl sites for hydroxylation is 1. The zero-order valence-corrected chi connectivity index (χ0v) is 33.6. The van der Waals surface area contributed by atoms with Gasteiger partial charge in [0.2, 0.25) is 0 Å². The summed E-state index contributed by atoms with van der Waals surface area (Å²) in [6.45, 7) is 2.65. The van der Waals surface area contributed by atoms with Crippen molar-refractivity contribution in [1.82, 2.24) is 5.32 Å². The van der Waals surface area contributed by atoms with Crippen LogP contribution in [0, 0.1) is 6.92 Å². The first kappa shape index (κ1) is 39.3. The van der Waals surface area contributed by atoms with Gasteiger partial charge in [-0.3, -0.25) is 0 Å². The van der Waals surface area contributed by atoms with Crippen LogP contribution in [-0.2, 0) is 32.2 Å². The number of rotatable bonds is 15. The van der Waals surface area contributed by atoms with Crippen LogP contribution in [0.2, 0.25) is 0 Å². The summed E-state index contributed by atoms with van der Waals surface area (Å²) in [5.74, 6) is 0.214. The van der Waals surface area contributed by atoms with Gasteiger partial charge in [-0.2, -0.15) is 0 Å². The van der Waals surface area contributed by atoms with E-state index in [4.69, 9.17) is 14.2 Å². The highest BCUT2D eigenvalue weighted by Gasteiger charge is 2.39. The van der Waals surface area contributed by atoms with Gasteiger partial charge in [0.15, 0.2) is 0 Å². The number of carbonyl (C=O) groups excluding carboxylic acids is 2. The van der Waals surface area contributed by atoms with Crippen molar-refractivity contribution in [3.8, 4) is 16.9 Å². The average Bonchev–Trinajstić information content (AvgIpc) is 3.62. The maximum absolute atomic E-state index is 14.2. The van der Waals surface area contributed by atoms with Crippen molar-refractivity contribution in [3.63, 3.8) is 0 Å². The monoisotopic (exact) mass is 795 g/mol. The molecule has 0 aromatic heterocycles. The number of fused-ring (bicyclic) bond motifs is 3. The maximum atomic E-state index is 14.2. The lowest BCUT2D eigenvalue weighted by atomic mass is 9.84. The number of esters is 1. The molecule has 294 valence electrons. The topological polar surface area (TPSA) is 73.9 Å². The van der Waals surface area contributed by atoms with Gasteiger partial charge in [-0.05, 0) is 69.1 Å². The third kappa shape index (κ3) is 8.96. The summed E-state index contributed by atoms with van der Waals surface area (Å²) in [6.07, 6.45) is -0.686. The van der Waals surface area contributed by atoms with Gasteiger partial charge in [0, 0.05) is 11.7 Å². The van der Waals surface area contributed by atoms with E-state index in [2.05, 4.69) is 97.2 Å². The van der Waals surface area contributed by atoms with Gasteiger partial charge < -0.3 is 19.5 Å². The third-order valence-electron chi connectivity index (χ3n) is 10.8. The molecule has 59 heavy (non-hydrogen) atoms. The second-order valence-corrected chi connectivity index (χ2v) is 15.9. The molecular formula is C52H45NO5S. The molecule has 1 N–H and O–H groups in total. The quantitative estimate of drug-likeness (QED) is 0.0823. The lowest BCUT2D eigenvalue weighted by Crippen LogP contribution is -2.45. The number of nitrogens with one attached hydrogen (secondary N) is 1. The molecule has 0 fully saturated rings. The molecule has 0 aliphatic heterocycles. The number of benzene rings is 7. The molecule has 1 atom stereocenters. The first-order chi connectivity index (χ1) is 29.0. The summed E-state index contributed by atoms with van der Waals surface area (Å²) in [7, 11) is 0. The Hall–Kier alpha value is -6.57. The van der Waals surface area contributed by atoms with Crippen molar-refractivity contribution in [2.45, 2.75) is 36.8 Å². The van der Waals surface area contributed by atoms with Crippen molar-refractivity contribution >= 4 is 23.8 Å². The fourth-order valence-corrected chi connectivity index (χ4v) is 9.26. The largest absolute Gasteiger partial charge is 0.489 e. The molecule has 1 aliphatic carbocycles. The predicted molar refractivity (Wildman–Crippen MR) is 235 cm³/mol. The molecule has 8 rings (SSSR count). The van der Waals surface area contributed by atoms with Crippen LogP contribution in [0.4, 0.5) is 4.79 Å². The minimum Gasteiger partial charge on any atom is -0.489 e. The molecule has 0 spiro atoms. The van der Waals surface area contributed by atoms with E-state index >= 15 is 0 Å². The average molecular weight is 796 g/mol. The summed E-state index contributed by atoms with van der Waals surface area (Å²) >= 11 is 1.57. The molecule has 0 heterocycles. The van der Waals surface area contributed by atoms with E-state index in [0.717, 1.165) is 50.1 Å². The van der Waals surface area contributed by atoms with Gasteiger partial charge in [-0.25, -0.2) is 9.59 Å². The Morgan fingerprint density at radius 3 is 1.59 bits per heavy atom. The van der Waals surface area contributed by atoms with E-state index in [1.165, 1.54) is 5.56 Å². The van der Waals surface area contributed by atoms with Gasteiger partial charge >= 0.3 is 12.1 Å². The Morgan fingerprint density at radius 2 is 1.05 bits per heavy atom. The summed E-state index contributed by atoms with van der Waals surface area (Å²) in [5, 5.41) is 2.92. The first-order valence-electron chi connectivity index (χ1n) is 19.8. The molecule has 1 amide bonds. The standard InChI is InChI=1S/C52H45NO5S/c1-37-25-27-38(28-26-37)33-56-43-31-29-39(30-32-43)34-57-50(54)49(53-51(55)58-35-48-46-23-13-11-21-44(46)45-22-12-14-24-47(45)48)36-59-52(40-15-5-2-6-16-40,41-17-7-3-8-18-41)42-19-9-4-10-20-42/h2-32,48-49H,33-36H2,1H3,(H,53,55)/t49-/m0/s1. The zero-order valence-electron chi connectivity index (χ0n) is 32.8. The number of ether oxygens (including phenoxy) is 3. The van der Waals surface area contributed by atoms with Crippen LogP contribution in [0.15, 0.2) is 188 Å². The van der Waals surface area contributed by atoms with Crippen molar-refractivity contribution in [2.75, 3.05) is 12.4 Å². The number of hydrogen-bond acceptors (Lipinski definition) is 6. The molecule has 0 unspecified atom stereocenters. The van der Waals surface area contributed by atoms with Crippen molar-refractivity contribution in [1.29, 1.82) is 0 Å². The number of hydrogen-bond donors (Lipinski definition) is 1. The molecule has 6 nitrogen and oxygen atoms in total. The first-order valence-corrected chi connectivity index (χ1v) is 20.8. The van der Waals surface area contributed by atoms with Gasteiger partial charge in [-0.1, -0.05) is 181 Å². The second kappa shape index (κ2) is 18.3. The fourth-order valence-electron chi connectivity index (χ4n) is 7.72. The third-order valence-corrected chi connectivity index (χ3v) is 12.4. The molecule has 0 radical (unpaired) electrons. The molecular weight excluding hydrogens is 751 g/mol. The number of thioether (sulfide) groups is 1. The van der Waals surface area contributed by atoms with E-state index in [0.29, 0.717) is 12.4 Å². The second-order valence-electron chi connectivity index (χ2n) is 14.6.